The summed E-state index contributed by atoms with van der Waals surface area (Å²) in [4.78, 5) is 22.0. The maximum Gasteiger partial charge on any atom is 0.346 e. The molecule has 0 unspecified atom stereocenters. The van der Waals surface area contributed by atoms with E-state index in [1.807, 2.05) is 0 Å². The van der Waals surface area contributed by atoms with Crippen LogP contribution in [-0.4, -0.2) is 33.9 Å². The number of benzene rings is 1. The average molecular weight is 340 g/mol. The molecule has 0 fully saturated rings. The number of rotatable bonds is 7. The molecule has 2 rings (SSSR count). The predicted octanol–water partition coefficient (Wildman–Crippen LogP) is 1.43. The first kappa shape index (κ1) is 17.7. The zero-order valence-corrected chi connectivity index (χ0v) is 13.5. The molecule has 0 aliphatic rings. The SMILES string of the molecule is COc1ccc(-c2nn(CCC(N)=O)cc2C=C(C#N)C(=O)O)cc1. The van der Waals surface area contributed by atoms with Crippen molar-refractivity contribution in [2.45, 2.75) is 13.0 Å². The molecule has 0 radical (unpaired) electrons. The van der Waals surface area contributed by atoms with E-state index in [2.05, 4.69) is 5.10 Å². The van der Waals surface area contributed by atoms with E-state index in [-0.39, 0.29) is 13.0 Å². The first-order chi connectivity index (χ1) is 11.9. The van der Waals surface area contributed by atoms with Crippen LogP contribution >= 0.6 is 0 Å². The molecule has 3 N–H and O–H groups in total. The van der Waals surface area contributed by atoms with Gasteiger partial charge in [0.2, 0.25) is 5.91 Å². The van der Waals surface area contributed by atoms with Gasteiger partial charge in [0.05, 0.1) is 12.8 Å². The van der Waals surface area contributed by atoms with Gasteiger partial charge in [-0.15, -0.1) is 0 Å². The molecule has 1 aromatic heterocycles. The number of aryl methyl sites for hydroxylation is 1. The van der Waals surface area contributed by atoms with Crippen molar-refractivity contribution >= 4 is 18.0 Å². The number of carbonyl (C=O) groups excluding carboxylic acids is 1. The van der Waals surface area contributed by atoms with Crippen molar-refractivity contribution in [1.29, 1.82) is 5.26 Å². The van der Waals surface area contributed by atoms with Crippen molar-refractivity contribution in [2.24, 2.45) is 5.73 Å². The van der Waals surface area contributed by atoms with Gasteiger partial charge in [0.15, 0.2) is 0 Å². The molecule has 0 saturated carbocycles. The Morgan fingerprint density at radius 2 is 2.08 bits per heavy atom. The standard InChI is InChI=1S/C17H16N4O4/c1-25-14-4-2-11(3-5-14)16-13(8-12(9-18)17(23)24)10-21(20-16)7-6-15(19)22/h2-5,8,10H,6-7H2,1H3,(H2,19,22)(H,23,24). The van der Waals surface area contributed by atoms with Gasteiger partial charge in [0, 0.05) is 30.3 Å². The van der Waals surface area contributed by atoms with E-state index >= 15 is 0 Å². The molecule has 25 heavy (non-hydrogen) atoms. The Morgan fingerprint density at radius 1 is 1.40 bits per heavy atom. The normalized spacial score (nSPS) is 11.0. The van der Waals surface area contributed by atoms with Gasteiger partial charge in [0.1, 0.15) is 17.4 Å². The number of aliphatic carboxylic acids is 1. The summed E-state index contributed by atoms with van der Waals surface area (Å²) in [6, 6.07) is 8.66. The minimum atomic E-state index is -1.33. The summed E-state index contributed by atoms with van der Waals surface area (Å²) < 4.78 is 6.60. The minimum Gasteiger partial charge on any atom is -0.497 e. The lowest BCUT2D eigenvalue weighted by molar-refractivity contribution is -0.132. The lowest BCUT2D eigenvalue weighted by Gasteiger charge is -2.02. The fourth-order valence-electron chi connectivity index (χ4n) is 2.15. The summed E-state index contributed by atoms with van der Waals surface area (Å²) in [6.45, 7) is 0.251. The third kappa shape index (κ3) is 4.45. The van der Waals surface area contributed by atoms with E-state index in [0.717, 1.165) is 0 Å². The molecule has 128 valence electrons. The summed E-state index contributed by atoms with van der Waals surface area (Å²) in [6.07, 6.45) is 2.91. The molecule has 1 aromatic carbocycles. The molecule has 0 atom stereocenters. The van der Waals surface area contributed by atoms with Gasteiger partial charge in [-0.25, -0.2) is 4.79 Å². The Balaban J connectivity index is 2.49. The number of ether oxygens (including phenoxy) is 1. The molecule has 8 nitrogen and oxygen atoms in total. The number of primary amides is 1. The number of nitriles is 1. The lowest BCUT2D eigenvalue weighted by Crippen LogP contribution is -2.14. The number of methoxy groups -OCH3 is 1. The maximum atomic E-state index is 11.1. The second kappa shape index (κ2) is 7.79. The number of carboxylic acid groups (broad SMARTS) is 1. The van der Waals surface area contributed by atoms with E-state index < -0.39 is 17.4 Å². The fourth-order valence-corrected chi connectivity index (χ4v) is 2.15. The third-order valence-electron chi connectivity index (χ3n) is 3.39. The summed E-state index contributed by atoms with van der Waals surface area (Å²) in [5, 5.41) is 22.4. The summed E-state index contributed by atoms with van der Waals surface area (Å²) in [5.41, 5.74) is 6.39. The molecule has 0 bridgehead atoms. The van der Waals surface area contributed by atoms with Crippen LogP contribution in [0.1, 0.15) is 12.0 Å². The van der Waals surface area contributed by atoms with E-state index in [1.165, 1.54) is 10.8 Å². The monoisotopic (exact) mass is 340 g/mol. The molecule has 0 aliphatic heterocycles. The minimum absolute atomic E-state index is 0.0942. The van der Waals surface area contributed by atoms with Crippen molar-refractivity contribution in [2.75, 3.05) is 7.11 Å². The van der Waals surface area contributed by atoms with E-state index in [0.29, 0.717) is 22.6 Å². The van der Waals surface area contributed by atoms with E-state index in [9.17, 15) is 9.59 Å². The van der Waals surface area contributed by atoms with Crippen LogP contribution in [-0.2, 0) is 16.1 Å². The number of nitrogens with zero attached hydrogens (tertiary/aromatic N) is 3. The zero-order valence-electron chi connectivity index (χ0n) is 13.5. The smallest absolute Gasteiger partial charge is 0.346 e. The van der Waals surface area contributed by atoms with Crippen LogP contribution in [0.4, 0.5) is 0 Å². The first-order valence-corrected chi connectivity index (χ1v) is 7.30. The average Bonchev–Trinajstić information content (AvgIpc) is 3.00. The topological polar surface area (TPSA) is 131 Å². The molecule has 0 spiro atoms. The number of amides is 1. The highest BCUT2D eigenvalue weighted by atomic mass is 16.5. The van der Waals surface area contributed by atoms with Crippen molar-refractivity contribution in [3.05, 3.63) is 41.6 Å². The molecule has 2 aromatic rings. The first-order valence-electron chi connectivity index (χ1n) is 7.30. The van der Waals surface area contributed by atoms with Gasteiger partial charge >= 0.3 is 5.97 Å². The number of aromatic nitrogens is 2. The van der Waals surface area contributed by atoms with E-state index in [4.69, 9.17) is 20.8 Å². The van der Waals surface area contributed by atoms with Crippen molar-refractivity contribution in [1.82, 2.24) is 9.78 Å². The highest BCUT2D eigenvalue weighted by Crippen LogP contribution is 2.26. The maximum absolute atomic E-state index is 11.1. The van der Waals surface area contributed by atoms with Crippen molar-refractivity contribution in [3.63, 3.8) is 0 Å². The van der Waals surface area contributed by atoms with Gasteiger partial charge in [-0.3, -0.25) is 9.48 Å². The van der Waals surface area contributed by atoms with Crippen LogP contribution in [0.5, 0.6) is 5.75 Å². The Morgan fingerprint density at radius 3 is 2.60 bits per heavy atom. The quantitative estimate of drug-likeness (QED) is 0.579. The van der Waals surface area contributed by atoms with Crippen LogP contribution < -0.4 is 10.5 Å². The van der Waals surface area contributed by atoms with Crippen LogP contribution in [0.3, 0.4) is 0 Å². The third-order valence-corrected chi connectivity index (χ3v) is 3.39. The summed E-state index contributed by atoms with van der Waals surface area (Å²) >= 11 is 0. The second-order valence-electron chi connectivity index (χ2n) is 5.12. The molecular formula is C17H16N4O4. The van der Waals surface area contributed by atoms with Crippen LogP contribution in [0.25, 0.3) is 17.3 Å². The number of hydrogen-bond acceptors (Lipinski definition) is 5. The molecular weight excluding hydrogens is 324 g/mol. The highest BCUT2D eigenvalue weighted by Gasteiger charge is 2.14. The number of carbonyl (C=O) groups is 2. The van der Waals surface area contributed by atoms with Crippen molar-refractivity contribution < 1.29 is 19.4 Å². The Kier molecular flexibility index (Phi) is 5.53. The summed E-state index contributed by atoms with van der Waals surface area (Å²) in [7, 11) is 1.55. The molecule has 8 heteroatoms. The van der Waals surface area contributed by atoms with Gasteiger partial charge in [-0.2, -0.15) is 10.4 Å². The number of hydrogen-bond donors (Lipinski definition) is 2. The fraction of sp³-hybridized carbons (Fsp3) is 0.176. The largest absolute Gasteiger partial charge is 0.497 e. The lowest BCUT2D eigenvalue weighted by atomic mass is 10.1. The molecule has 0 saturated heterocycles. The molecule has 1 amide bonds. The number of carboxylic acids is 1. The summed E-state index contributed by atoms with van der Waals surface area (Å²) in [5.74, 6) is -1.13. The van der Waals surface area contributed by atoms with Crippen LogP contribution in [0, 0.1) is 11.3 Å². The Bertz CT molecular complexity index is 860. The highest BCUT2D eigenvalue weighted by molar-refractivity contribution is 5.97. The Labute approximate surface area is 143 Å². The van der Waals surface area contributed by atoms with Gasteiger partial charge < -0.3 is 15.6 Å². The number of nitrogens with two attached hydrogens (primary N) is 1. The van der Waals surface area contributed by atoms with Crippen LogP contribution in [0.2, 0.25) is 0 Å². The van der Waals surface area contributed by atoms with Crippen molar-refractivity contribution in [3.8, 4) is 23.1 Å². The van der Waals surface area contributed by atoms with Gasteiger partial charge in [0.25, 0.3) is 0 Å². The Hall–Kier alpha value is -3.60. The van der Waals surface area contributed by atoms with Gasteiger partial charge in [-0.05, 0) is 30.3 Å². The van der Waals surface area contributed by atoms with Crippen LogP contribution in [0.15, 0.2) is 36.0 Å². The predicted molar refractivity (Wildman–Crippen MR) is 89.3 cm³/mol. The zero-order chi connectivity index (χ0) is 18.4. The van der Waals surface area contributed by atoms with Gasteiger partial charge in [-0.1, -0.05) is 0 Å². The van der Waals surface area contributed by atoms with E-state index in [1.54, 1.807) is 43.6 Å². The molecule has 0 aliphatic carbocycles. The second-order valence-corrected chi connectivity index (χ2v) is 5.12. The molecule has 1 heterocycles.